The summed E-state index contributed by atoms with van der Waals surface area (Å²) in [4.78, 5) is 56.2. The van der Waals surface area contributed by atoms with E-state index in [1.807, 2.05) is 0 Å². The second-order valence-corrected chi connectivity index (χ2v) is 15.8. The van der Waals surface area contributed by atoms with E-state index in [1.54, 1.807) is 12.1 Å². The molecule has 3 aromatic rings. The van der Waals surface area contributed by atoms with Gasteiger partial charge in [0.1, 0.15) is 45.7 Å². The minimum absolute atomic E-state index is 0.0353. The first-order valence-electron chi connectivity index (χ1n) is 18.9. The number of ether oxygens (including phenoxy) is 4. The molecule has 304 valence electrons. The van der Waals surface area contributed by atoms with Gasteiger partial charge in [0.25, 0.3) is 10.1 Å². The third kappa shape index (κ3) is 12.3. The third-order valence-electron chi connectivity index (χ3n) is 10.1. The van der Waals surface area contributed by atoms with Gasteiger partial charge in [0.05, 0.1) is 71.6 Å². The largest absolute Gasteiger partial charge is 0.458 e. The van der Waals surface area contributed by atoms with Crippen LogP contribution in [0.1, 0.15) is 82.9 Å². The van der Waals surface area contributed by atoms with Crippen LogP contribution in [0.3, 0.4) is 0 Å². The predicted molar refractivity (Wildman–Crippen MR) is 229 cm³/mol. The second-order valence-electron chi connectivity index (χ2n) is 14.3. The maximum Gasteiger partial charge on any atom is 0.426 e. The fourth-order valence-corrected chi connectivity index (χ4v) is 7.82. The van der Waals surface area contributed by atoms with Gasteiger partial charge in [-0.3, -0.25) is 9.35 Å². The Labute approximate surface area is 369 Å². The summed E-state index contributed by atoms with van der Waals surface area (Å²) in [5.41, 5.74) is 1.48. The molecule has 1 saturated carbocycles. The van der Waals surface area contributed by atoms with Crippen molar-refractivity contribution in [3.8, 4) is 0 Å². The molecule has 1 aliphatic carbocycles. The number of esters is 4. The smallest absolute Gasteiger partial charge is 0.426 e. The van der Waals surface area contributed by atoms with Crippen molar-refractivity contribution in [3.63, 3.8) is 0 Å². The lowest BCUT2D eigenvalue weighted by Gasteiger charge is -2.39. The molecule has 1 N–H and O–H groups in total. The van der Waals surface area contributed by atoms with Gasteiger partial charge in [-0.1, -0.05) is 102 Å². The molecule has 0 spiro atoms. The van der Waals surface area contributed by atoms with Crippen LogP contribution in [0.15, 0.2) is 36.4 Å². The van der Waals surface area contributed by atoms with Crippen LogP contribution in [0.25, 0.3) is 0 Å². The van der Waals surface area contributed by atoms with Crippen LogP contribution in [0.2, 0.25) is 0 Å². The molecular weight excluding hydrogens is 819 g/mol. The van der Waals surface area contributed by atoms with E-state index in [0.717, 1.165) is 0 Å². The summed E-state index contributed by atoms with van der Waals surface area (Å²) in [6, 6.07) is 8.35. The van der Waals surface area contributed by atoms with Gasteiger partial charge in [0.2, 0.25) is 6.10 Å². The number of rotatable bonds is 17. The molecule has 18 radical (unpaired) electrons. The number of halogens is 3. The van der Waals surface area contributed by atoms with Gasteiger partial charge in [-0.05, 0) is 28.8 Å². The van der Waals surface area contributed by atoms with Crippen molar-refractivity contribution in [3.05, 3.63) is 92.0 Å². The molecule has 0 saturated heterocycles. The van der Waals surface area contributed by atoms with Gasteiger partial charge in [-0.25, -0.2) is 14.4 Å². The first-order valence-corrected chi connectivity index (χ1v) is 20.5. The second kappa shape index (κ2) is 21.5. The average molecular weight is 851 g/mol. The van der Waals surface area contributed by atoms with E-state index in [9.17, 15) is 45.3 Å². The molecular formula is C38H32B9F3O11S. The van der Waals surface area contributed by atoms with Crippen molar-refractivity contribution in [2.45, 2.75) is 87.7 Å². The molecule has 3 atom stereocenters. The van der Waals surface area contributed by atoms with Gasteiger partial charge in [0.15, 0.2) is 0 Å². The molecule has 0 amide bonds. The van der Waals surface area contributed by atoms with Crippen LogP contribution in [0, 0.1) is 5.92 Å². The predicted octanol–water partition coefficient (Wildman–Crippen LogP) is -0.298. The standard InChI is InChI=1S/C38H32B9F3O11S/c39-9-17-1-19(11-41)26(13-43)23(3-17)35(52)59-30-7-22(58-34(51)25-5-21(46)6-29(47)28(25)15-45)8-31(33(30)37(54)61-32(38(48,49)50)16-62(55,56)57)60-36(53)24-4-18(10-40)2-20(12-42)27(24)14-44/h1-6,22,30-33H,7-16H2,(H,55,56,57). The third-order valence-corrected chi connectivity index (χ3v) is 10.9. The molecule has 0 heterocycles. The summed E-state index contributed by atoms with van der Waals surface area (Å²) >= 11 is 0. The summed E-state index contributed by atoms with van der Waals surface area (Å²) in [5.74, 6) is -9.74. The topological polar surface area (TPSA) is 160 Å². The zero-order chi connectivity index (χ0) is 46.3. The Kier molecular flexibility index (Phi) is 17.5. The highest BCUT2D eigenvalue weighted by atomic mass is 32.2. The summed E-state index contributed by atoms with van der Waals surface area (Å²) in [7, 11) is 47.8. The molecule has 24 heteroatoms. The van der Waals surface area contributed by atoms with Crippen molar-refractivity contribution in [2.75, 3.05) is 5.75 Å². The fourth-order valence-electron chi connectivity index (χ4n) is 7.18. The lowest BCUT2D eigenvalue weighted by Crippen LogP contribution is -2.53. The first-order chi connectivity index (χ1) is 29.1. The Morgan fingerprint density at radius 3 is 1.47 bits per heavy atom. The van der Waals surface area contributed by atoms with Crippen molar-refractivity contribution in [1.82, 2.24) is 0 Å². The molecule has 62 heavy (non-hydrogen) atoms. The monoisotopic (exact) mass is 852 g/mol. The minimum atomic E-state index is -5.58. The fraction of sp³-hybridized carbons (Fsp3) is 0.421. The number of alkyl halides is 3. The molecule has 1 aliphatic rings. The van der Waals surface area contributed by atoms with E-state index in [-0.39, 0.29) is 88.5 Å². The maximum absolute atomic E-state index is 14.2. The van der Waals surface area contributed by atoms with Gasteiger partial charge in [0, 0.05) is 12.8 Å². The van der Waals surface area contributed by atoms with Gasteiger partial charge in [-0.2, -0.15) is 21.6 Å². The van der Waals surface area contributed by atoms with E-state index in [0.29, 0.717) is 22.3 Å². The Balaban J connectivity index is 1.92. The number of benzene rings is 3. The molecule has 0 aromatic heterocycles. The van der Waals surface area contributed by atoms with Gasteiger partial charge in [-0.15, -0.1) is 0 Å². The number of carbonyl (C=O) groups excluding carboxylic acids is 4. The molecule has 4 rings (SSSR count). The van der Waals surface area contributed by atoms with E-state index in [1.165, 1.54) is 24.3 Å². The average Bonchev–Trinajstić information content (AvgIpc) is 3.20. The number of carbonyl (C=O) groups is 4. The van der Waals surface area contributed by atoms with Crippen LogP contribution >= 0.6 is 0 Å². The molecule has 3 aromatic carbocycles. The van der Waals surface area contributed by atoms with Crippen molar-refractivity contribution < 1.29 is 64.3 Å². The Hall–Kier alpha value is -4.18. The van der Waals surface area contributed by atoms with Crippen LogP contribution in [0.5, 0.6) is 0 Å². The van der Waals surface area contributed by atoms with Crippen LogP contribution in [-0.4, -0.2) is 144 Å². The molecule has 0 bridgehead atoms. The van der Waals surface area contributed by atoms with Crippen molar-refractivity contribution in [2.24, 2.45) is 5.92 Å². The lowest BCUT2D eigenvalue weighted by molar-refractivity contribution is -0.223. The van der Waals surface area contributed by atoms with Gasteiger partial charge >= 0.3 is 30.1 Å². The van der Waals surface area contributed by atoms with E-state index in [4.69, 9.17) is 89.6 Å². The van der Waals surface area contributed by atoms with Crippen molar-refractivity contribution in [1.29, 1.82) is 0 Å². The van der Waals surface area contributed by atoms with E-state index in [2.05, 4.69) is 0 Å². The highest BCUT2D eigenvalue weighted by Crippen LogP contribution is 2.37. The highest BCUT2D eigenvalue weighted by molar-refractivity contribution is 7.85. The normalized spacial score (nSPS) is 18.3. The van der Waals surface area contributed by atoms with Crippen molar-refractivity contribution >= 4 is 116 Å². The molecule has 3 unspecified atom stereocenters. The Morgan fingerprint density at radius 1 is 0.645 bits per heavy atom. The summed E-state index contributed by atoms with van der Waals surface area (Å²) in [6.07, 6.45) is -17.0. The maximum atomic E-state index is 14.2. The summed E-state index contributed by atoms with van der Waals surface area (Å²) in [6.45, 7) is 0. The number of hydrogen-bond acceptors (Lipinski definition) is 10. The summed E-state index contributed by atoms with van der Waals surface area (Å²) in [5, 5.41) is 0. The lowest BCUT2D eigenvalue weighted by atomic mass is 9.77. The zero-order valence-electron chi connectivity index (χ0n) is 33.2. The Morgan fingerprint density at radius 2 is 1.08 bits per heavy atom. The summed E-state index contributed by atoms with van der Waals surface area (Å²) < 4.78 is 97.4. The minimum Gasteiger partial charge on any atom is -0.458 e. The molecule has 11 nitrogen and oxygen atoms in total. The van der Waals surface area contributed by atoms with Gasteiger partial charge < -0.3 is 18.9 Å². The SMILES string of the molecule is [B]Cc1cc(C[B])c(C[B])c(C(=O)OC2CC(OC(=O)c3cc([B])cc([B])c3C[B])CC(OC(=O)c3cc(C[B])cc(C[B])c3C[B])C2C(=O)OC(CS(=O)(=O)O)C(F)(F)F)c1. The Bertz CT molecular complexity index is 2200. The highest BCUT2D eigenvalue weighted by Gasteiger charge is 2.52. The quantitative estimate of drug-likeness (QED) is 0.0824. The zero-order valence-corrected chi connectivity index (χ0v) is 34.0. The van der Waals surface area contributed by atoms with Crippen LogP contribution < -0.4 is 10.9 Å². The van der Waals surface area contributed by atoms with E-state index >= 15 is 0 Å². The molecule has 1 fully saturated rings. The van der Waals surface area contributed by atoms with Crippen LogP contribution in [0.4, 0.5) is 13.2 Å². The number of hydrogen-bond donors (Lipinski definition) is 1. The van der Waals surface area contributed by atoms with E-state index < -0.39 is 89.1 Å². The first kappa shape index (κ1) is 50.5. The van der Waals surface area contributed by atoms with Crippen LogP contribution in [-0.2, 0) is 78.1 Å². The molecule has 0 aliphatic heterocycles.